The van der Waals surface area contributed by atoms with E-state index in [0.717, 1.165) is 10.6 Å². The summed E-state index contributed by atoms with van der Waals surface area (Å²) in [6, 6.07) is 4.99. The van der Waals surface area contributed by atoms with Crippen molar-refractivity contribution >= 4 is 28.4 Å². The molecule has 1 aliphatic rings. The van der Waals surface area contributed by atoms with Crippen LogP contribution in [0.4, 0.5) is 9.93 Å². The van der Waals surface area contributed by atoms with Crippen molar-refractivity contribution < 1.29 is 23.8 Å². The minimum absolute atomic E-state index is 0.0251. The van der Waals surface area contributed by atoms with Crippen molar-refractivity contribution in [3.05, 3.63) is 34.5 Å². The molecule has 2 aromatic heterocycles. The van der Waals surface area contributed by atoms with E-state index in [1.54, 1.807) is 37.3 Å². The molecule has 0 radical (unpaired) electrons. The van der Waals surface area contributed by atoms with Gasteiger partial charge in [-0.2, -0.15) is 5.10 Å². The van der Waals surface area contributed by atoms with E-state index in [2.05, 4.69) is 25.8 Å². The number of aromatic amines is 1. The minimum Gasteiger partial charge on any atom is -0.493 e. The minimum atomic E-state index is -0.296. The molecule has 0 atom stereocenters. The Morgan fingerprint density at radius 3 is 2.46 bits per heavy atom. The molecule has 3 aromatic rings. The number of nitrogens with zero attached hydrogens (tertiary/aromatic N) is 3. The Balaban J connectivity index is 1.49. The summed E-state index contributed by atoms with van der Waals surface area (Å²) in [5, 5.41) is 13.2. The first-order chi connectivity index (χ1) is 16.8. The molecule has 0 aliphatic carbocycles. The van der Waals surface area contributed by atoms with Crippen molar-refractivity contribution in [3.63, 3.8) is 0 Å². The fraction of sp³-hybridized carbons (Fsp3) is 0.391. The van der Waals surface area contributed by atoms with Crippen molar-refractivity contribution in [3.8, 4) is 28.5 Å². The van der Waals surface area contributed by atoms with Crippen LogP contribution < -0.4 is 24.8 Å². The van der Waals surface area contributed by atoms with E-state index in [-0.39, 0.29) is 18.0 Å². The van der Waals surface area contributed by atoms with Crippen molar-refractivity contribution in [2.24, 2.45) is 0 Å². The lowest BCUT2D eigenvalue weighted by atomic mass is 10.1. The highest BCUT2D eigenvalue weighted by Crippen LogP contribution is 2.41. The fourth-order valence-electron chi connectivity index (χ4n) is 3.80. The first kappa shape index (κ1) is 24.3. The number of anilines is 1. The zero-order valence-corrected chi connectivity index (χ0v) is 21.0. The van der Waals surface area contributed by atoms with Crippen LogP contribution in [0.15, 0.2) is 18.2 Å². The van der Waals surface area contributed by atoms with E-state index in [0.29, 0.717) is 58.8 Å². The second-order valence-electron chi connectivity index (χ2n) is 8.20. The van der Waals surface area contributed by atoms with Crippen molar-refractivity contribution in [2.45, 2.75) is 32.9 Å². The van der Waals surface area contributed by atoms with E-state index in [4.69, 9.17) is 14.2 Å². The summed E-state index contributed by atoms with van der Waals surface area (Å²) in [6.07, 6.45) is 0.610. The molecular formula is C23H28N6O5S. The van der Waals surface area contributed by atoms with Gasteiger partial charge in [0.25, 0.3) is 5.91 Å². The number of carbonyl (C=O) groups is 2. The lowest BCUT2D eigenvalue weighted by Crippen LogP contribution is -2.35. The summed E-state index contributed by atoms with van der Waals surface area (Å²) < 4.78 is 16.2. The fourth-order valence-corrected chi connectivity index (χ4v) is 4.82. The average molecular weight is 501 g/mol. The molecule has 4 rings (SSSR count). The molecule has 0 saturated heterocycles. The van der Waals surface area contributed by atoms with Gasteiger partial charge in [0.1, 0.15) is 5.69 Å². The summed E-state index contributed by atoms with van der Waals surface area (Å²) in [7, 11) is 4.63. The number of ether oxygens (including phenoxy) is 3. The molecule has 0 unspecified atom stereocenters. The number of rotatable bonds is 7. The maximum Gasteiger partial charge on any atom is 0.321 e. The molecule has 3 amide bonds. The molecule has 0 spiro atoms. The van der Waals surface area contributed by atoms with Gasteiger partial charge in [-0.1, -0.05) is 11.3 Å². The number of hydrogen-bond donors (Lipinski definition) is 3. The van der Waals surface area contributed by atoms with Crippen LogP contribution in [0.3, 0.4) is 0 Å². The van der Waals surface area contributed by atoms with Crippen molar-refractivity contribution in [1.29, 1.82) is 0 Å². The molecular weight excluding hydrogens is 472 g/mol. The third-order valence-electron chi connectivity index (χ3n) is 5.43. The number of methoxy groups -OCH3 is 3. The highest BCUT2D eigenvalue weighted by Gasteiger charge is 2.27. The highest BCUT2D eigenvalue weighted by molar-refractivity contribution is 7.15. The number of urea groups is 1. The number of nitrogens with one attached hydrogen (secondary N) is 3. The monoisotopic (exact) mass is 500 g/mol. The lowest BCUT2D eigenvalue weighted by molar-refractivity contribution is 0.0730. The third kappa shape index (κ3) is 5.16. The number of benzene rings is 1. The topological polar surface area (TPSA) is 131 Å². The zero-order chi connectivity index (χ0) is 25.1. The van der Waals surface area contributed by atoms with Gasteiger partial charge in [0.2, 0.25) is 5.75 Å². The van der Waals surface area contributed by atoms with Crippen molar-refractivity contribution in [1.82, 2.24) is 25.4 Å². The molecule has 11 nitrogen and oxygen atoms in total. The standard InChI is InChI=1S/C23H28N6O5S/c1-12(2)24-22(31)26-23-25-14-6-7-29(11-19(14)35-23)21(30)16-10-15(27-28-16)13-8-17(32-3)20(34-5)18(9-13)33-4/h8-10,12H,6-7,11H2,1-5H3,(H,27,28)(H2,24,25,26,31). The summed E-state index contributed by atoms with van der Waals surface area (Å²) in [5.41, 5.74) is 2.57. The Kier molecular flexibility index (Phi) is 7.10. The summed E-state index contributed by atoms with van der Waals surface area (Å²) in [5.74, 6) is 1.31. The Morgan fingerprint density at radius 2 is 1.83 bits per heavy atom. The molecule has 35 heavy (non-hydrogen) atoms. The van der Waals surface area contributed by atoms with Crippen LogP contribution in [0.1, 0.15) is 34.9 Å². The van der Waals surface area contributed by atoms with Gasteiger partial charge in [-0.25, -0.2) is 9.78 Å². The Morgan fingerprint density at radius 1 is 1.11 bits per heavy atom. The number of fused-ring (bicyclic) bond motifs is 1. The number of amides is 3. The van der Waals surface area contributed by atoms with E-state index < -0.39 is 0 Å². The molecule has 3 N–H and O–H groups in total. The van der Waals surface area contributed by atoms with Gasteiger partial charge in [-0.3, -0.25) is 15.2 Å². The molecule has 3 heterocycles. The normalized spacial score (nSPS) is 12.8. The maximum absolute atomic E-state index is 13.2. The first-order valence-electron chi connectivity index (χ1n) is 11.0. The van der Waals surface area contributed by atoms with Crippen LogP contribution in [0.2, 0.25) is 0 Å². The van der Waals surface area contributed by atoms with Crippen LogP contribution in [0.25, 0.3) is 11.3 Å². The number of hydrogen-bond acceptors (Lipinski definition) is 8. The molecule has 1 aliphatic heterocycles. The molecule has 1 aromatic carbocycles. The highest BCUT2D eigenvalue weighted by atomic mass is 32.1. The lowest BCUT2D eigenvalue weighted by Gasteiger charge is -2.25. The van der Waals surface area contributed by atoms with Gasteiger partial charge in [-0.05, 0) is 32.0 Å². The predicted octanol–water partition coefficient (Wildman–Crippen LogP) is 3.29. The van der Waals surface area contributed by atoms with Gasteiger partial charge < -0.3 is 24.4 Å². The van der Waals surface area contributed by atoms with E-state index >= 15 is 0 Å². The smallest absolute Gasteiger partial charge is 0.321 e. The number of carbonyl (C=O) groups excluding carboxylic acids is 2. The van der Waals surface area contributed by atoms with Crippen LogP contribution in [0, 0.1) is 0 Å². The van der Waals surface area contributed by atoms with Gasteiger partial charge in [-0.15, -0.1) is 0 Å². The number of aromatic nitrogens is 3. The number of H-pyrrole nitrogens is 1. The van der Waals surface area contributed by atoms with E-state index in [9.17, 15) is 9.59 Å². The second kappa shape index (κ2) is 10.2. The number of thiazole rings is 1. The second-order valence-corrected chi connectivity index (χ2v) is 9.28. The SMILES string of the molecule is COc1cc(-c2cc(C(=O)N3CCc4nc(NC(=O)NC(C)C)sc4C3)[nH]n2)cc(OC)c1OC. The van der Waals surface area contributed by atoms with Crippen LogP contribution in [-0.2, 0) is 13.0 Å². The largest absolute Gasteiger partial charge is 0.493 e. The summed E-state index contributed by atoms with van der Waals surface area (Å²) in [4.78, 5) is 32.4. The molecule has 12 heteroatoms. The molecule has 0 bridgehead atoms. The Bertz CT molecular complexity index is 1210. The third-order valence-corrected chi connectivity index (χ3v) is 6.43. The molecule has 0 fully saturated rings. The van der Waals surface area contributed by atoms with Crippen LogP contribution in [0.5, 0.6) is 17.2 Å². The quantitative estimate of drug-likeness (QED) is 0.454. The van der Waals surface area contributed by atoms with Crippen LogP contribution >= 0.6 is 11.3 Å². The summed E-state index contributed by atoms with van der Waals surface area (Å²) >= 11 is 1.38. The van der Waals surface area contributed by atoms with Gasteiger partial charge >= 0.3 is 6.03 Å². The predicted molar refractivity (Wildman–Crippen MR) is 132 cm³/mol. The van der Waals surface area contributed by atoms with Gasteiger partial charge in [0.15, 0.2) is 16.6 Å². The van der Waals surface area contributed by atoms with E-state index in [1.807, 2.05) is 13.8 Å². The molecule has 0 saturated carbocycles. The van der Waals surface area contributed by atoms with E-state index in [1.165, 1.54) is 18.4 Å². The maximum atomic E-state index is 13.2. The van der Waals surface area contributed by atoms with Crippen molar-refractivity contribution in [2.75, 3.05) is 33.2 Å². The zero-order valence-electron chi connectivity index (χ0n) is 20.2. The summed E-state index contributed by atoms with van der Waals surface area (Å²) in [6.45, 7) is 4.71. The van der Waals surface area contributed by atoms with Crippen LogP contribution in [-0.4, -0.2) is 65.9 Å². The average Bonchev–Trinajstić information content (AvgIpc) is 3.48. The van der Waals surface area contributed by atoms with Gasteiger partial charge in [0.05, 0.1) is 39.3 Å². The molecule has 186 valence electrons. The Labute approximate surface area is 206 Å². The Hall–Kier alpha value is -3.80. The first-order valence-corrected chi connectivity index (χ1v) is 11.9. The van der Waals surface area contributed by atoms with Gasteiger partial charge in [0, 0.05) is 29.4 Å².